The molecule has 53 heavy (non-hydrogen) atoms. The monoisotopic (exact) mass is 693 g/mol. The highest BCUT2D eigenvalue weighted by Gasteiger charge is 2.38. The number of rotatable bonds is 5. The lowest BCUT2D eigenvalue weighted by Gasteiger charge is -2.21. The van der Waals surface area contributed by atoms with Gasteiger partial charge in [0.15, 0.2) is 17.5 Å². The van der Waals surface area contributed by atoms with Crippen LogP contribution in [0.3, 0.4) is 0 Å². The van der Waals surface area contributed by atoms with Gasteiger partial charge in [0.2, 0.25) is 0 Å². The Balaban J connectivity index is 1.29. The molecule has 0 unspecified atom stereocenters. The van der Waals surface area contributed by atoms with Crippen LogP contribution in [0.4, 0.5) is 0 Å². The summed E-state index contributed by atoms with van der Waals surface area (Å²) in [5.74, 6) is 1.96. The van der Waals surface area contributed by atoms with E-state index in [4.69, 9.17) is 15.0 Å². The van der Waals surface area contributed by atoms with Crippen LogP contribution in [-0.4, -0.2) is 23.0 Å². The molecule has 10 rings (SSSR count). The third-order valence-corrected chi connectivity index (χ3v) is 14.5. The average Bonchev–Trinajstić information content (AvgIpc) is 3.46. The number of fused-ring (bicyclic) bond motifs is 5. The standard InChI is InChI=1S/C49H35N3Si/c1-53(2)42-30-16-15-28-40(42)45-41(29-17-31-43(45)53)44-35-23-10-12-25-37(35)46(38-26-13-11-24-36(38)44)49-51-47(33-20-7-4-8-21-33)50-48(52-49)39-27-14-9-22-34(39)32-18-5-3-6-19-32/h3-31H,1-2H3. The molecular formula is C49H35N3Si. The molecule has 0 saturated carbocycles. The fourth-order valence-corrected chi connectivity index (χ4v) is 11.6. The maximum atomic E-state index is 5.38. The van der Waals surface area contributed by atoms with E-state index in [9.17, 15) is 0 Å². The zero-order valence-electron chi connectivity index (χ0n) is 29.6. The average molecular weight is 694 g/mol. The summed E-state index contributed by atoms with van der Waals surface area (Å²) < 4.78 is 0. The molecule has 0 fully saturated rings. The van der Waals surface area contributed by atoms with Crippen molar-refractivity contribution in [1.29, 1.82) is 0 Å². The molecule has 0 amide bonds. The Morgan fingerprint density at radius 3 is 1.42 bits per heavy atom. The van der Waals surface area contributed by atoms with Crippen molar-refractivity contribution in [2.24, 2.45) is 0 Å². The zero-order chi connectivity index (χ0) is 35.5. The van der Waals surface area contributed by atoms with E-state index in [2.05, 4.69) is 165 Å². The largest absolute Gasteiger partial charge is 0.208 e. The van der Waals surface area contributed by atoms with Gasteiger partial charge in [0.25, 0.3) is 0 Å². The van der Waals surface area contributed by atoms with Crippen molar-refractivity contribution in [3.05, 3.63) is 176 Å². The van der Waals surface area contributed by atoms with Crippen molar-refractivity contribution in [2.75, 3.05) is 0 Å². The molecule has 1 aliphatic rings. The summed E-state index contributed by atoms with van der Waals surface area (Å²) in [6.07, 6.45) is 0. The third kappa shape index (κ3) is 4.98. The summed E-state index contributed by atoms with van der Waals surface area (Å²) in [4.78, 5) is 15.8. The van der Waals surface area contributed by atoms with Crippen molar-refractivity contribution >= 4 is 40.0 Å². The van der Waals surface area contributed by atoms with Crippen LogP contribution in [0.15, 0.2) is 176 Å². The van der Waals surface area contributed by atoms with Crippen molar-refractivity contribution < 1.29 is 0 Å². The first-order valence-electron chi connectivity index (χ1n) is 18.2. The minimum atomic E-state index is -1.88. The molecule has 0 atom stereocenters. The minimum absolute atomic E-state index is 0.648. The first-order valence-corrected chi connectivity index (χ1v) is 21.2. The molecule has 0 saturated heterocycles. The van der Waals surface area contributed by atoms with E-state index in [1.165, 1.54) is 43.4 Å². The van der Waals surface area contributed by atoms with Crippen molar-refractivity contribution in [2.45, 2.75) is 13.1 Å². The van der Waals surface area contributed by atoms with Crippen LogP contribution in [0.1, 0.15) is 0 Å². The summed E-state index contributed by atoms with van der Waals surface area (Å²) in [5, 5.41) is 7.62. The number of hydrogen-bond donors (Lipinski definition) is 0. The summed E-state index contributed by atoms with van der Waals surface area (Å²) in [6, 6.07) is 62.8. The van der Waals surface area contributed by atoms with Crippen LogP contribution in [0.5, 0.6) is 0 Å². The predicted molar refractivity (Wildman–Crippen MR) is 224 cm³/mol. The summed E-state index contributed by atoms with van der Waals surface area (Å²) in [7, 11) is -1.88. The highest BCUT2D eigenvalue weighted by atomic mass is 28.3. The first kappa shape index (κ1) is 31.3. The van der Waals surface area contributed by atoms with Gasteiger partial charge in [-0.3, -0.25) is 0 Å². The molecule has 0 N–H and O–H groups in total. The molecule has 250 valence electrons. The first-order chi connectivity index (χ1) is 26.1. The highest BCUT2D eigenvalue weighted by Crippen LogP contribution is 2.46. The number of benzene rings is 8. The highest BCUT2D eigenvalue weighted by molar-refractivity contribution is 7.04. The van der Waals surface area contributed by atoms with Gasteiger partial charge in [0.1, 0.15) is 8.07 Å². The molecule has 0 bridgehead atoms. The SMILES string of the molecule is C[Si]1(C)c2ccccc2-c2c(-c3c4ccccc4c(-c4nc(-c5ccccc5)nc(-c5ccccc5-c5ccccc5)n4)c4ccccc34)cccc21. The van der Waals surface area contributed by atoms with Gasteiger partial charge in [-0.2, -0.15) is 0 Å². The molecule has 0 radical (unpaired) electrons. The molecule has 1 aliphatic heterocycles. The fraction of sp³-hybridized carbons (Fsp3) is 0.0408. The number of nitrogens with zero attached hydrogens (tertiary/aromatic N) is 3. The lowest BCUT2D eigenvalue weighted by Crippen LogP contribution is -2.49. The van der Waals surface area contributed by atoms with Gasteiger partial charge in [-0.15, -0.1) is 0 Å². The van der Waals surface area contributed by atoms with E-state index in [0.29, 0.717) is 17.5 Å². The fourth-order valence-electron chi connectivity index (χ4n) is 8.49. The Morgan fingerprint density at radius 1 is 0.302 bits per heavy atom. The van der Waals surface area contributed by atoms with E-state index < -0.39 is 8.07 Å². The van der Waals surface area contributed by atoms with Crippen LogP contribution in [-0.2, 0) is 0 Å². The summed E-state index contributed by atoms with van der Waals surface area (Å²) >= 11 is 0. The van der Waals surface area contributed by atoms with Gasteiger partial charge >= 0.3 is 0 Å². The van der Waals surface area contributed by atoms with Gasteiger partial charge in [-0.05, 0) is 65.3 Å². The second-order valence-corrected chi connectivity index (χ2v) is 18.7. The van der Waals surface area contributed by atoms with Crippen LogP contribution in [0.25, 0.3) is 89.1 Å². The topological polar surface area (TPSA) is 38.7 Å². The molecule has 2 heterocycles. The van der Waals surface area contributed by atoms with Gasteiger partial charge < -0.3 is 0 Å². The maximum Gasteiger partial charge on any atom is 0.165 e. The Kier molecular flexibility index (Phi) is 7.27. The van der Waals surface area contributed by atoms with Crippen LogP contribution < -0.4 is 10.4 Å². The van der Waals surface area contributed by atoms with Crippen molar-refractivity contribution in [1.82, 2.24) is 15.0 Å². The summed E-state index contributed by atoms with van der Waals surface area (Å²) in [5.41, 5.74) is 10.4. The van der Waals surface area contributed by atoms with Crippen LogP contribution >= 0.6 is 0 Å². The molecular weight excluding hydrogens is 659 g/mol. The number of hydrogen-bond acceptors (Lipinski definition) is 3. The molecule has 3 nitrogen and oxygen atoms in total. The molecule has 0 aliphatic carbocycles. The Hall–Kier alpha value is -6.49. The molecule has 8 aromatic carbocycles. The Bertz CT molecular complexity index is 2810. The number of aromatic nitrogens is 3. The summed E-state index contributed by atoms with van der Waals surface area (Å²) in [6.45, 7) is 4.97. The van der Waals surface area contributed by atoms with Crippen molar-refractivity contribution in [3.63, 3.8) is 0 Å². The normalized spacial score (nSPS) is 12.9. The lowest BCUT2D eigenvalue weighted by atomic mass is 9.85. The molecule has 4 heteroatoms. The van der Waals surface area contributed by atoms with E-state index in [1.807, 2.05) is 24.3 Å². The molecule has 9 aromatic rings. The minimum Gasteiger partial charge on any atom is -0.208 e. The van der Waals surface area contributed by atoms with Crippen molar-refractivity contribution in [3.8, 4) is 67.5 Å². The van der Waals surface area contributed by atoms with E-state index in [1.54, 1.807) is 0 Å². The zero-order valence-corrected chi connectivity index (χ0v) is 30.6. The van der Waals surface area contributed by atoms with E-state index >= 15 is 0 Å². The third-order valence-electron chi connectivity index (χ3n) is 11.0. The van der Waals surface area contributed by atoms with Gasteiger partial charge in [0.05, 0.1) is 0 Å². The maximum absolute atomic E-state index is 5.38. The second-order valence-electron chi connectivity index (χ2n) is 14.3. The van der Waals surface area contributed by atoms with Gasteiger partial charge in [0, 0.05) is 16.7 Å². The Morgan fingerprint density at radius 2 is 0.755 bits per heavy atom. The smallest absolute Gasteiger partial charge is 0.165 e. The van der Waals surface area contributed by atoms with E-state index in [-0.39, 0.29) is 0 Å². The van der Waals surface area contributed by atoms with Crippen LogP contribution in [0, 0.1) is 0 Å². The molecule has 0 spiro atoms. The molecule has 1 aromatic heterocycles. The van der Waals surface area contributed by atoms with E-state index in [0.717, 1.165) is 38.6 Å². The Labute approximate surface area is 310 Å². The van der Waals surface area contributed by atoms with Gasteiger partial charge in [-0.25, -0.2) is 15.0 Å². The quantitative estimate of drug-likeness (QED) is 0.133. The van der Waals surface area contributed by atoms with Gasteiger partial charge in [-0.1, -0.05) is 189 Å². The predicted octanol–water partition coefficient (Wildman–Crippen LogP) is 11.3. The lowest BCUT2D eigenvalue weighted by molar-refractivity contribution is 1.08. The van der Waals surface area contributed by atoms with Crippen LogP contribution in [0.2, 0.25) is 13.1 Å². The second kappa shape index (κ2) is 12.3.